The lowest BCUT2D eigenvalue weighted by molar-refractivity contribution is 0.111. The molecule has 0 N–H and O–H groups in total. The average Bonchev–Trinajstić information content (AvgIpc) is 2.78. The molecule has 0 bridgehead atoms. The molecule has 34 heavy (non-hydrogen) atoms. The van der Waals surface area contributed by atoms with Gasteiger partial charge in [-0.1, -0.05) is 101 Å². The molecule has 0 aliphatic rings. The molecule has 0 aromatic heterocycles. The third kappa shape index (κ3) is 8.45. The van der Waals surface area contributed by atoms with Crippen molar-refractivity contribution in [2.24, 2.45) is 0 Å². The summed E-state index contributed by atoms with van der Waals surface area (Å²) in [5.41, 5.74) is 0. The predicted molar refractivity (Wildman–Crippen MR) is 151 cm³/mol. The van der Waals surface area contributed by atoms with Gasteiger partial charge in [0.15, 0.2) is 8.32 Å². The minimum atomic E-state index is -2.81. The van der Waals surface area contributed by atoms with Crippen LogP contribution >= 0.6 is 0 Å². The van der Waals surface area contributed by atoms with E-state index in [9.17, 15) is 0 Å². The van der Waals surface area contributed by atoms with Crippen molar-refractivity contribution in [2.45, 2.75) is 104 Å². The van der Waals surface area contributed by atoms with E-state index in [-0.39, 0.29) is 17.2 Å². The second kappa shape index (κ2) is 13.2. The summed E-state index contributed by atoms with van der Waals surface area (Å²) in [4.78, 5) is 0. The zero-order chi connectivity index (χ0) is 25.2. The molecular weight excluding hydrogens is 452 g/mol. The number of benzene rings is 2. The number of hydrogen-bond donors (Lipinski definition) is 0. The third-order valence-corrected chi connectivity index (χ3v) is 15.1. The summed E-state index contributed by atoms with van der Waals surface area (Å²) < 4.78 is 20.0. The van der Waals surface area contributed by atoms with Gasteiger partial charge in [0.25, 0.3) is 0 Å². The minimum absolute atomic E-state index is 0.0835. The van der Waals surface area contributed by atoms with Crippen LogP contribution in [0.5, 0.6) is 0 Å². The Bertz CT molecular complexity index is 777. The van der Waals surface area contributed by atoms with Crippen molar-refractivity contribution in [1.29, 1.82) is 0 Å². The minimum Gasteiger partial charge on any atom is -0.417 e. The summed E-state index contributed by atoms with van der Waals surface area (Å²) in [6, 6.07) is 21.1. The van der Waals surface area contributed by atoms with Gasteiger partial charge in [0.2, 0.25) is 0 Å². The van der Waals surface area contributed by atoms with Crippen LogP contribution in [0.1, 0.15) is 73.6 Å². The lowest BCUT2D eigenvalue weighted by Gasteiger charge is -2.36. The largest absolute Gasteiger partial charge is 0.417 e. The van der Waals surface area contributed by atoms with Crippen molar-refractivity contribution in [3.63, 3.8) is 0 Å². The maximum atomic E-state index is 6.93. The van der Waals surface area contributed by atoms with E-state index in [0.29, 0.717) is 0 Å². The third-order valence-electron chi connectivity index (χ3n) is 6.85. The van der Waals surface area contributed by atoms with E-state index in [1.807, 2.05) is 0 Å². The van der Waals surface area contributed by atoms with Crippen LogP contribution in [0.25, 0.3) is 0 Å². The first kappa shape index (κ1) is 29.0. The molecule has 2 aromatic rings. The highest BCUT2D eigenvalue weighted by Gasteiger charge is 2.44. The van der Waals surface area contributed by atoms with Gasteiger partial charge in [0, 0.05) is 18.8 Å². The molecule has 0 spiro atoms. The molecule has 5 heteroatoms. The van der Waals surface area contributed by atoms with Crippen LogP contribution in [0.2, 0.25) is 18.1 Å². The van der Waals surface area contributed by atoms with Crippen LogP contribution in [-0.4, -0.2) is 35.7 Å². The van der Waals surface area contributed by atoms with Gasteiger partial charge in [0.1, 0.15) is 0 Å². The molecule has 0 saturated carbocycles. The number of unbranched alkanes of at least 4 members (excludes halogenated alkanes) is 3. The maximum Gasteiger partial charge on any atom is 0.407 e. The summed E-state index contributed by atoms with van der Waals surface area (Å²) in [7, 11) is -4.43. The molecule has 0 fully saturated rings. The zero-order valence-corrected chi connectivity index (χ0v) is 24.9. The van der Waals surface area contributed by atoms with E-state index in [4.69, 9.17) is 13.3 Å². The van der Waals surface area contributed by atoms with E-state index in [1.54, 1.807) is 0 Å². The number of rotatable bonds is 14. The monoisotopic (exact) mass is 500 g/mol. The van der Waals surface area contributed by atoms with Crippen LogP contribution in [0.3, 0.4) is 0 Å². The Morgan fingerprint density at radius 2 is 1.21 bits per heavy atom. The van der Waals surface area contributed by atoms with Crippen LogP contribution < -0.4 is 10.4 Å². The van der Waals surface area contributed by atoms with E-state index in [1.165, 1.54) is 23.2 Å². The molecule has 0 saturated heterocycles. The average molecular weight is 501 g/mol. The van der Waals surface area contributed by atoms with Crippen molar-refractivity contribution in [3.05, 3.63) is 60.7 Å². The first-order chi connectivity index (χ1) is 16.0. The van der Waals surface area contributed by atoms with Gasteiger partial charge in [-0.2, -0.15) is 0 Å². The number of hydrogen-bond acceptors (Lipinski definition) is 3. The van der Waals surface area contributed by atoms with Crippen LogP contribution in [-0.2, 0) is 13.3 Å². The topological polar surface area (TPSA) is 27.7 Å². The summed E-state index contributed by atoms with van der Waals surface area (Å²) >= 11 is 0. The zero-order valence-electron chi connectivity index (χ0n) is 22.9. The second-order valence-electron chi connectivity index (χ2n) is 11.3. The lowest BCUT2D eigenvalue weighted by atomic mass is 10.1. The molecule has 3 nitrogen and oxygen atoms in total. The Labute approximate surface area is 211 Å². The van der Waals surface area contributed by atoms with Gasteiger partial charge >= 0.3 is 8.56 Å². The molecule has 1 atom stereocenters. The van der Waals surface area contributed by atoms with Gasteiger partial charge in [-0.15, -0.1) is 0 Å². The van der Waals surface area contributed by atoms with Gasteiger partial charge in [-0.05, 0) is 62.1 Å². The molecule has 1 unspecified atom stereocenters. The van der Waals surface area contributed by atoms with Gasteiger partial charge in [0.05, 0.1) is 0 Å². The molecule has 0 amide bonds. The Morgan fingerprint density at radius 1 is 0.706 bits per heavy atom. The van der Waals surface area contributed by atoms with Crippen molar-refractivity contribution >= 4 is 27.3 Å². The van der Waals surface area contributed by atoms with Gasteiger partial charge in [-0.3, -0.25) is 0 Å². The first-order valence-corrected chi connectivity index (χ1v) is 17.8. The van der Waals surface area contributed by atoms with Gasteiger partial charge < -0.3 is 13.3 Å². The molecular formula is C29H48O3Si2. The van der Waals surface area contributed by atoms with E-state index < -0.39 is 16.9 Å². The van der Waals surface area contributed by atoms with Crippen molar-refractivity contribution < 1.29 is 13.3 Å². The second-order valence-corrected chi connectivity index (χ2v) is 18.9. The fourth-order valence-electron chi connectivity index (χ4n) is 3.89. The molecule has 0 heterocycles. The fourth-order valence-corrected chi connectivity index (χ4v) is 8.52. The van der Waals surface area contributed by atoms with E-state index in [0.717, 1.165) is 25.9 Å². The van der Waals surface area contributed by atoms with E-state index >= 15 is 0 Å². The lowest BCUT2D eigenvalue weighted by Crippen LogP contribution is -2.65. The quantitative estimate of drug-likeness (QED) is 0.205. The van der Waals surface area contributed by atoms with Crippen molar-refractivity contribution in [2.75, 3.05) is 6.61 Å². The normalized spacial score (nSPS) is 13.9. The summed E-state index contributed by atoms with van der Waals surface area (Å²) in [5.74, 6) is 0. The smallest absolute Gasteiger partial charge is 0.407 e. The van der Waals surface area contributed by atoms with Crippen molar-refractivity contribution in [3.8, 4) is 0 Å². The SMILES string of the molecule is CC(C)O[Si](OC(C)CCCCCCO[Si](C)(C)C(C)(C)C)(c1ccccc1)c1ccccc1. The highest BCUT2D eigenvalue weighted by molar-refractivity contribution is 6.92. The highest BCUT2D eigenvalue weighted by atomic mass is 28.4. The molecule has 0 radical (unpaired) electrons. The Hall–Kier alpha value is -1.25. The van der Waals surface area contributed by atoms with Crippen molar-refractivity contribution in [1.82, 2.24) is 0 Å². The van der Waals surface area contributed by atoms with Crippen LogP contribution in [0.4, 0.5) is 0 Å². The molecule has 0 aliphatic heterocycles. The van der Waals surface area contributed by atoms with Gasteiger partial charge in [-0.25, -0.2) is 0 Å². The van der Waals surface area contributed by atoms with E-state index in [2.05, 4.69) is 115 Å². The standard InChI is InChI=1S/C29H48O3Si2/c1-25(2)31-34(27-20-14-11-15-21-27,28-22-16-12-17-23-28)32-26(3)19-13-9-10-18-24-30-33(7,8)29(4,5)6/h11-12,14-17,20-23,25-26H,9-10,13,18-19,24H2,1-8H3. The fraction of sp³-hybridized carbons (Fsp3) is 0.586. The maximum absolute atomic E-state index is 6.93. The Kier molecular flexibility index (Phi) is 11.2. The molecule has 2 rings (SSSR count). The molecule has 190 valence electrons. The highest BCUT2D eigenvalue weighted by Crippen LogP contribution is 2.36. The Balaban J connectivity index is 1.95. The Morgan fingerprint density at radius 3 is 1.68 bits per heavy atom. The first-order valence-electron chi connectivity index (χ1n) is 13.1. The summed E-state index contributed by atoms with van der Waals surface area (Å²) in [6.45, 7) is 18.9. The summed E-state index contributed by atoms with van der Waals surface area (Å²) in [5, 5.41) is 2.63. The molecule has 0 aliphatic carbocycles. The van der Waals surface area contributed by atoms with Crippen LogP contribution in [0.15, 0.2) is 60.7 Å². The summed E-state index contributed by atoms with van der Waals surface area (Å²) in [6.07, 6.45) is 5.99. The predicted octanol–water partition coefficient (Wildman–Crippen LogP) is 7.05. The molecule has 2 aromatic carbocycles. The van der Waals surface area contributed by atoms with Crippen LogP contribution in [0, 0.1) is 0 Å².